The van der Waals surface area contributed by atoms with E-state index in [-0.39, 0.29) is 29.7 Å². The molecule has 0 aliphatic heterocycles. The highest BCUT2D eigenvalue weighted by molar-refractivity contribution is 14.0. The molecule has 162 valence electrons. The van der Waals surface area contributed by atoms with Crippen molar-refractivity contribution in [3.05, 3.63) is 59.4 Å². The number of hydrogen-bond acceptors (Lipinski definition) is 3. The van der Waals surface area contributed by atoms with Crippen LogP contribution in [0, 0.1) is 13.8 Å². The number of para-hydroxylation sites is 2. The zero-order valence-corrected chi connectivity index (χ0v) is 19.5. The second-order valence-electron chi connectivity index (χ2n) is 6.64. The van der Waals surface area contributed by atoms with Crippen LogP contribution in [0.15, 0.2) is 47.5 Å². The van der Waals surface area contributed by atoms with Crippen molar-refractivity contribution in [2.75, 3.05) is 13.6 Å². The zero-order chi connectivity index (χ0) is 20.8. The second-order valence-corrected chi connectivity index (χ2v) is 6.64. The van der Waals surface area contributed by atoms with Gasteiger partial charge in [0.1, 0.15) is 11.6 Å². The quantitative estimate of drug-likeness (QED) is 0.273. The van der Waals surface area contributed by atoms with Crippen LogP contribution in [-0.4, -0.2) is 35.7 Å². The molecule has 3 rings (SSSR count). The van der Waals surface area contributed by atoms with Crippen LogP contribution < -0.4 is 15.4 Å². The maximum atomic E-state index is 12.6. The predicted octanol–water partition coefficient (Wildman–Crippen LogP) is 4.24. The summed E-state index contributed by atoms with van der Waals surface area (Å²) in [7, 11) is 1.67. The van der Waals surface area contributed by atoms with Gasteiger partial charge >= 0.3 is 6.61 Å². The van der Waals surface area contributed by atoms with E-state index < -0.39 is 6.61 Å². The molecule has 0 spiro atoms. The second kappa shape index (κ2) is 11.1. The summed E-state index contributed by atoms with van der Waals surface area (Å²) in [5.74, 6) is 1.69. The molecule has 0 saturated carbocycles. The fourth-order valence-electron chi connectivity index (χ4n) is 3.22. The van der Waals surface area contributed by atoms with Gasteiger partial charge in [0.25, 0.3) is 0 Å². The van der Waals surface area contributed by atoms with Gasteiger partial charge in [-0.25, -0.2) is 4.98 Å². The Morgan fingerprint density at radius 2 is 1.93 bits per heavy atom. The summed E-state index contributed by atoms with van der Waals surface area (Å²) in [6.07, 6.45) is 0. The molecule has 0 aliphatic carbocycles. The lowest BCUT2D eigenvalue weighted by Gasteiger charge is -2.15. The third-order valence-electron chi connectivity index (χ3n) is 4.58. The number of fused-ring (bicyclic) bond motifs is 1. The van der Waals surface area contributed by atoms with E-state index in [2.05, 4.69) is 29.9 Å². The Labute approximate surface area is 191 Å². The van der Waals surface area contributed by atoms with Crippen molar-refractivity contribution >= 4 is 41.0 Å². The van der Waals surface area contributed by atoms with Gasteiger partial charge in [-0.2, -0.15) is 8.78 Å². The highest BCUT2D eigenvalue weighted by Gasteiger charge is 2.11. The first-order valence-electron chi connectivity index (χ1n) is 9.38. The Morgan fingerprint density at radius 1 is 1.17 bits per heavy atom. The van der Waals surface area contributed by atoms with Crippen molar-refractivity contribution in [3.8, 4) is 5.75 Å². The van der Waals surface area contributed by atoms with Gasteiger partial charge in [-0.05, 0) is 32.0 Å². The van der Waals surface area contributed by atoms with Gasteiger partial charge in [-0.1, -0.05) is 29.8 Å². The topological polar surface area (TPSA) is 63.5 Å². The summed E-state index contributed by atoms with van der Waals surface area (Å²) >= 11 is 0. The summed E-state index contributed by atoms with van der Waals surface area (Å²) in [5, 5.41) is 6.39. The number of nitrogens with one attached hydrogen (secondary N) is 2. The van der Waals surface area contributed by atoms with Crippen LogP contribution in [0.5, 0.6) is 5.75 Å². The Kier molecular flexibility index (Phi) is 8.82. The lowest BCUT2D eigenvalue weighted by molar-refractivity contribution is -0.0504. The average molecular weight is 529 g/mol. The van der Waals surface area contributed by atoms with Gasteiger partial charge in [-0.3, -0.25) is 4.99 Å². The number of guanidine groups is 1. The molecule has 0 fully saturated rings. The molecule has 2 aromatic carbocycles. The number of ether oxygens (including phenoxy) is 1. The van der Waals surface area contributed by atoms with Gasteiger partial charge in [0.2, 0.25) is 0 Å². The third-order valence-corrected chi connectivity index (χ3v) is 4.58. The number of rotatable bonds is 7. The van der Waals surface area contributed by atoms with E-state index in [0.717, 1.165) is 29.0 Å². The van der Waals surface area contributed by atoms with E-state index in [9.17, 15) is 8.78 Å². The molecule has 1 aromatic heterocycles. The standard InChI is InChI=1S/C21H25F2N5O.HI/c1-14-8-9-19(29-20(22)23)16(12-14)13-26-21(24-3)25-10-11-28-15(2)27-17-6-4-5-7-18(17)28;/h4-9,12,20H,10-11,13H2,1-3H3,(H2,24,25,26);1H. The van der Waals surface area contributed by atoms with Crippen LogP contribution in [0.25, 0.3) is 11.0 Å². The van der Waals surface area contributed by atoms with Gasteiger partial charge < -0.3 is 19.9 Å². The van der Waals surface area contributed by atoms with E-state index >= 15 is 0 Å². The molecule has 0 aliphatic rings. The SMILES string of the molecule is CN=C(NCCn1c(C)nc2ccccc21)NCc1cc(C)ccc1OC(F)F.I. The summed E-state index contributed by atoms with van der Waals surface area (Å²) in [6.45, 7) is 2.70. The Balaban J connectivity index is 0.00000320. The van der Waals surface area contributed by atoms with Crippen molar-refractivity contribution < 1.29 is 13.5 Å². The zero-order valence-electron chi connectivity index (χ0n) is 17.2. The number of aryl methyl sites for hydroxylation is 2. The highest BCUT2D eigenvalue weighted by atomic mass is 127. The average Bonchev–Trinajstić information content (AvgIpc) is 3.01. The van der Waals surface area contributed by atoms with E-state index in [4.69, 9.17) is 0 Å². The molecule has 9 heteroatoms. The van der Waals surface area contributed by atoms with Crippen molar-refractivity contribution in [1.29, 1.82) is 0 Å². The minimum atomic E-state index is -2.86. The summed E-state index contributed by atoms with van der Waals surface area (Å²) in [4.78, 5) is 8.76. The third kappa shape index (κ3) is 6.04. The van der Waals surface area contributed by atoms with E-state index in [0.29, 0.717) is 24.6 Å². The van der Waals surface area contributed by atoms with Gasteiger partial charge in [0.15, 0.2) is 5.96 Å². The maximum Gasteiger partial charge on any atom is 0.387 e. The molecule has 6 nitrogen and oxygen atoms in total. The molecule has 0 atom stereocenters. The number of halogens is 3. The monoisotopic (exact) mass is 529 g/mol. The van der Waals surface area contributed by atoms with Gasteiger partial charge in [0.05, 0.1) is 11.0 Å². The first-order chi connectivity index (χ1) is 14.0. The molecule has 0 amide bonds. The fourth-order valence-corrected chi connectivity index (χ4v) is 3.22. The lowest BCUT2D eigenvalue weighted by atomic mass is 10.1. The van der Waals surface area contributed by atoms with E-state index in [1.165, 1.54) is 0 Å². The normalized spacial score (nSPS) is 11.5. The molecule has 1 heterocycles. The van der Waals surface area contributed by atoms with E-state index in [1.54, 1.807) is 19.2 Å². The summed E-state index contributed by atoms with van der Waals surface area (Å²) in [5.41, 5.74) is 3.67. The Morgan fingerprint density at radius 3 is 2.67 bits per heavy atom. The summed E-state index contributed by atoms with van der Waals surface area (Å²) < 4.78 is 32.0. The van der Waals surface area contributed by atoms with Crippen molar-refractivity contribution in [2.24, 2.45) is 4.99 Å². The van der Waals surface area contributed by atoms with Crippen molar-refractivity contribution in [2.45, 2.75) is 33.5 Å². The molecular weight excluding hydrogens is 503 g/mol. The van der Waals surface area contributed by atoms with Gasteiger partial charge in [0, 0.05) is 32.2 Å². The Bertz CT molecular complexity index is 1010. The van der Waals surface area contributed by atoms with Crippen LogP contribution >= 0.6 is 24.0 Å². The Hall–Kier alpha value is -2.43. The first-order valence-corrected chi connectivity index (χ1v) is 9.38. The molecule has 30 heavy (non-hydrogen) atoms. The number of alkyl halides is 2. The minimum absolute atomic E-state index is 0. The van der Waals surface area contributed by atoms with Crippen molar-refractivity contribution in [3.63, 3.8) is 0 Å². The van der Waals surface area contributed by atoms with Crippen LogP contribution in [0.4, 0.5) is 8.78 Å². The van der Waals surface area contributed by atoms with E-state index in [1.807, 2.05) is 44.2 Å². The van der Waals surface area contributed by atoms with Crippen LogP contribution in [0.2, 0.25) is 0 Å². The number of hydrogen-bond donors (Lipinski definition) is 2. The summed E-state index contributed by atoms with van der Waals surface area (Å²) in [6, 6.07) is 13.1. The lowest BCUT2D eigenvalue weighted by Crippen LogP contribution is -2.38. The smallest absolute Gasteiger partial charge is 0.387 e. The number of imidazole rings is 1. The van der Waals surface area contributed by atoms with Crippen molar-refractivity contribution in [1.82, 2.24) is 20.2 Å². The number of benzene rings is 2. The molecular formula is C21H26F2IN5O. The number of nitrogens with zero attached hydrogens (tertiary/aromatic N) is 3. The van der Waals surface area contributed by atoms with Gasteiger partial charge in [-0.15, -0.1) is 24.0 Å². The number of aliphatic imine (C=N–C) groups is 1. The largest absolute Gasteiger partial charge is 0.434 e. The number of aromatic nitrogens is 2. The molecule has 3 aromatic rings. The molecule has 2 N–H and O–H groups in total. The molecule has 0 bridgehead atoms. The molecule has 0 saturated heterocycles. The van der Waals surface area contributed by atoms with Crippen LogP contribution in [0.1, 0.15) is 17.0 Å². The first kappa shape index (κ1) is 23.8. The van der Waals surface area contributed by atoms with Crippen LogP contribution in [-0.2, 0) is 13.1 Å². The van der Waals surface area contributed by atoms with Crippen LogP contribution in [0.3, 0.4) is 0 Å². The fraction of sp³-hybridized carbons (Fsp3) is 0.333. The maximum absolute atomic E-state index is 12.6. The molecule has 0 unspecified atom stereocenters. The highest BCUT2D eigenvalue weighted by Crippen LogP contribution is 2.22. The minimum Gasteiger partial charge on any atom is -0.434 e. The predicted molar refractivity (Wildman–Crippen MR) is 126 cm³/mol. The molecule has 0 radical (unpaired) electrons.